The second kappa shape index (κ2) is 7.53. The van der Waals surface area contributed by atoms with Gasteiger partial charge in [-0.3, -0.25) is 9.59 Å². The van der Waals surface area contributed by atoms with Crippen LogP contribution in [0.15, 0.2) is 18.2 Å². The molecule has 3 rings (SSSR count). The highest BCUT2D eigenvalue weighted by Crippen LogP contribution is 2.31. The Balaban J connectivity index is 1.64. The number of nitrogens with zero attached hydrogens (tertiary/aromatic N) is 3. The lowest BCUT2D eigenvalue weighted by Crippen LogP contribution is -2.49. The third-order valence-electron chi connectivity index (χ3n) is 4.17. The van der Waals surface area contributed by atoms with Crippen molar-refractivity contribution in [3.8, 4) is 0 Å². The van der Waals surface area contributed by atoms with Crippen molar-refractivity contribution in [3.05, 3.63) is 23.8 Å². The minimum atomic E-state index is -0.0109. The third-order valence-corrected chi connectivity index (χ3v) is 6.05. The van der Waals surface area contributed by atoms with Crippen molar-refractivity contribution in [2.75, 3.05) is 36.8 Å². The number of carbonyl (C=O) groups excluding carboxylic acids is 2. The maximum absolute atomic E-state index is 12.1. The van der Waals surface area contributed by atoms with Crippen molar-refractivity contribution in [2.45, 2.75) is 20.3 Å². The number of thiazole rings is 1. The molecule has 1 aromatic heterocycles. The molecule has 1 saturated heterocycles. The summed E-state index contributed by atoms with van der Waals surface area (Å²) < 4.78 is 1.22. The minimum Gasteiger partial charge on any atom is -0.345 e. The zero-order chi connectivity index (χ0) is 17.1. The predicted molar refractivity (Wildman–Crippen MR) is 101 cm³/mol. The quantitative estimate of drug-likeness (QED) is 0.836. The molecule has 1 aromatic carbocycles. The third kappa shape index (κ3) is 3.72. The number of hydrogen-bond acceptors (Lipinski definition) is 6. The molecule has 0 unspecified atom stereocenters. The zero-order valence-electron chi connectivity index (χ0n) is 13.9. The number of benzene rings is 1. The van der Waals surface area contributed by atoms with Crippen LogP contribution in [0.25, 0.3) is 10.2 Å². The van der Waals surface area contributed by atoms with Crippen LogP contribution in [0.3, 0.4) is 0 Å². The first-order valence-corrected chi connectivity index (χ1v) is 9.93. The van der Waals surface area contributed by atoms with Crippen LogP contribution in [-0.4, -0.2) is 52.8 Å². The van der Waals surface area contributed by atoms with E-state index in [0.717, 1.165) is 41.9 Å². The Kier molecular flexibility index (Phi) is 5.40. The highest BCUT2D eigenvalue weighted by atomic mass is 32.2. The molecule has 0 bridgehead atoms. The number of para-hydroxylation sites is 1. The first-order chi connectivity index (χ1) is 11.6. The molecule has 24 heavy (non-hydrogen) atoms. The van der Waals surface area contributed by atoms with E-state index in [1.54, 1.807) is 11.3 Å². The van der Waals surface area contributed by atoms with Gasteiger partial charge in [-0.25, -0.2) is 4.98 Å². The van der Waals surface area contributed by atoms with Crippen molar-refractivity contribution in [1.29, 1.82) is 0 Å². The second-order valence-electron chi connectivity index (χ2n) is 5.76. The molecule has 1 fully saturated rings. The summed E-state index contributed by atoms with van der Waals surface area (Å²) in [6, 6.07) is 6.34. The molecule has 1 amide bonds. The van der Waals surface area contributed by atoms with Gasteiger partial charge in [-0.1, -0.05) is 42.2 Å². The van der Waals surface area contributed by atoms with Crippen LogP contribution in [-0.2, 0) is 16.0 Å². The second-order valence-corrected chi connectivity index (χ2v) is 7.92. The van der Waals surface area contributed by atoms with Gasteiger partial charge in [-0.2, -0.15) is 0 Å². The molecule has 1 aliphatic rings. The van der Waals surface area contributed by atoms with Crippen molar-refractivity contribution in [1.82, 2.24) is 9.88 Å². The van der Waals surface area contributed by atoms with Crippen molar-refractivity contribution in [3.63, 3.8) is 0 Å². The minimum absolute atomic E-state index is 0.0109. The van der Waals surface area contributed by atoms with E-state index in [1.165, 1.54) is 17.2 Å². The van der Waals surface area contributed by atoms with Crippen molar-refractivity contribution < 1.29 is 9.59 Å². The van der Waals surface area contributed by atoms with Gasteiger partial charge in [0, 0.05) is 33.1 Å². The molecule has 0 radical (unpaired) electrons. The smallest absolute Gasteiger partial charge is 0.233 e. The van der Waals surface area contributed by atoms with E-state index in [4.69, 9.17) is 4.98 Å². The monoisotopic (exact) mass is 363 g/mol. The fraction of sp³-hybridized carbons (Fsp3) is 0.471. The number of aromatic nitrogens is 1. The number of amides is 1. The van der Waals surface area contributed by atoms with Crippen LogP contribution in [0, 0.1) is 0 Å². The normalized spacial score (nSPS) is 15.1. The van der Waals surface area contributed by atoms with E-state index < -0.39 is 0 Å². The maximum Gasteiger partial charge on any atom is 0.233 e. The molecule has 0 aliphatic carbocycles. The van der Waals surface area contributed by atoms with E-state index in [1.807, 2.05) is 4.90 Å². The first kappa shape index (κ1) is 17.2. The Bertz CT molecular complexity index is 751. The summed E-state index contributed by atoms with van der Waals surface area (Å²) in [4.78, 5) is 32.0. The van der Waals surface area contributed by atoms with E-state index >= 15 is 0 Å². The average molecular weight is 364 g/mol. The van der Waals surface area contributed by atoms with Crippen LogP contribution in [0.4, 0.5) is 5.13 Å². The van der Waals surface area contributed by atoms with Crippen LogP contribution in [0.1, 0.15) is 19.4 Å². The Morgan fingerprint density at radius 3 is 2.67 bits per heavy atom. The molecule has 2 aromatic rings. The van der Waals surface area contributed by atoms with Gasteiger partial charge >= 0.3 is 0 Å². The summed E-state index contributed by atoms with van der Waals surface area (Å²) in [5.74, 6) is 0.295. The van der Waals surface area contributed by atoms with Gasteiger partial charge in [0.1, 0.15) is 0 Å². The van der Waals surface area contributed by atoms with Crippen LogP contribution in [0.2, 0.25) is 0 Å². The zero-order valence-corrected chi connectivity index (χ0v) is 15.6. The summed E-state index contributed by atoms with van der Waals surface area (Å²) in [7, 11) is 0. The molecular weight excluding hydrogens is 342 g/mol. The topological polar surface area (TPSA) is 53.5 Å². The fourth-order valence-electron chi connectivity index (χ4n) is 2.82. The lowest BCUT2D eigenvalue weighted by atomic mass is 10.1. The Morgan fingerprint density at radius 2 is 2.00 bits per heavy atom. The SMILES string of the molecule is CCc1cccc2sc(N3CCN(C(=O)CSC(C)=O)CC3)nc12. The number of thioether (sulfide) groups is 1. The summed E-state index contributed by atoms with van der Waals surface area (Å²) in [6.45, 7) is 6.60. The number of hydrogen-bond donors (Lipinski definition) is 0. The van der Waals surface area contributed by atoms with E-state index in [-0.39, 0.29) is 16.8 Å². The summed E-state index contributed by atoms with van der Waals surface area (Å²) in [5, 5.41) is 1.03. The largest absolute Gasteiger partial charge is 0.345 e. The number of piperazine rings is 1. The van der Waals surface area contributed by atoms with E-state index in [9.17, 15) is 9.59 Å². The molecule has 7 heteroatoms. The average Bonchev–Trinajstić information content (AvgIpc) is 3.04. The highest BCUT2D eigenvalue weighted by molar-refractivity contribution is 8.14. The Hall–Kier alpha value is -1.60. The van der Waals surface area contributed by atoms with E-state index in [2.05, 4.69) is 30.0 Å². The lowest BCUT2D eigenvalue weighted by molar-refractivity contribution is -0.128. The molecule has 0 atom stereocenters. The standard InChI is InChI=1S/C17H21N3O2S2/c1-3-13-5-4-6-14-16(13)18-17(24-14)20-9-7-19(8-10-20)15(22)11-23-12(2)21/h4-6H,3,7-11H2,1-2H3. The number of anilines is 1. The van der Waals surface area contributed by atoms with Gasteiger partial charge in [0.05, 0.1) is 16.0 Å². The molecule has 1 aliphatic heterocycles. The van der Waals surface area contributed by atoms with Crippen LogP contribution in [0.5, 0.6) is 0 Å². The van der Waals surface area contributed by atoms with Crippen molar-refractivity contribution >= 4 is 49.5 Å². The van der Waals surface area contributed by atoms with Gasteiger partial charge in [-0.05, 0) is 18.1 Å². The number of carbonyl (C=O) groups is 2. The van der Waals surface area contributed by atoms with Gasteiger partial charge in [-0.15, -0.1) is 0 Å². The first-order valence-electron chi connectivity index (χ1n) is 8.13. The maximum atomic E-state index is 12.1. The lowest BCUT2D eigenvalue weighted by Gasteiger charge is -2.34. The van der Waals surface area contributed by atoms with Crippen molar-refractivity contribution in [2.24, 2.45) is 0 Å². The molecule has 5 nitrogen and oxygen atoms in total. The fourth-order valence-corrected chi connectivity index (χ4v) is 4.39. The van der Waals surface area contributed by atoms with Gasteiger partial charge in [0.15, 0.2) is 10.2 Å². The van der Waals surface area contributed by atoms with Gasteiger partial charge in [0.2, 0.25) is 5.91 Å². The van der Waals surface area contributed by atoms with Gasteiger partial charge < -0.3 is 9.80 Å². The molecule has 128 valence electrons. The number of fused-ring (bicyclic) bond motifs is 1. The van der Waals surface area contributed by atoms with Crippen LogP contribution >= 0.6 is 23.1 Å². The Morgan fingerprint density at radius 1 is 1.25 bits per heavy atom. The molecule has 2 heterocycles. The molecular formula is C17H21N3O2S2. The summed E-state index contributed by atoms with van der Waals surface area (Å²) >= 11 is 2.80. The number of rotatable bonds is 4. The summed E-state index contributed by atoms with van der Waals surface area (Å²) in [6.07, 6.45) is 0.983. The molecule has 0 spiro atoms. The van der Waals surface area contributed by atoms with E-state index in [0.29, 0.717) is 13.1 Å². The van der Waals surface area contributed by atoms with Gasteiger partial charge in [0.25, 0.3) is 0 Å². The molecule has 0 saturated carbocycles. The van der Waals surface area contributed by atoms with Crippen LogP contribution < -0.4 is 4.90 Å². The Labute approximate surface area is 150 Å². The number of aryl methyl sites for hydroxylation is 1. The molecule has 0 N–H and O–H groups in total. The highest BCUT2D eigenvalue weighted by Gasteiger charge is 2.23. The summed E-state index contributed by atoms with van der Waals surface area (Å²) in [5.41, 5.74) is 2.39. The predicted octanol–water partition coefficient (Wildman–Crippen LogP) is 2.79.